The second-order valence-corrected chi connectivity index (χ2v) is 8.52. The van der Waals surface area contributed by atoms with Crippen molar-refractivity contribution in [1.82, 2.24) is 0 Å². The van der Waals surface area contributed by atoms with E-state index in [1.165, 1.54) is 24.0 Å². The zero-order valence-electron chi connectivity index (χ0n) is 12.7. The van der Waals surface area contributed by atoms with Crippen molar-refractivity contribution >= 4 is 18.1 Å². The second-order valence-electron chi connectivity index (χ2n) is 8.52. The largest absolute Gasteiger partial charge is 0.325 e. The topological polar surface area (TPSA) is 69.2 Å². The van der Waals surface area contributed by atoms with Gasteiger partial charge < -0.3 is 5.73 Å². The van der Waals surface area contributed by atoms with Crippen LogP contribution in [0.4, 0.5) is 5.69 Å². The first-order chi connectivity index (χ1) is 9.84. The normalized spacial score (nSPS) is 46.3. The number of hydrogen-bond acceptors (Lipinski definition) is 3. The number of nitro benzene ring substituents is 1. The minimum absolute atomic E-state index is 0. The first-order valence-electron chi connectivity index (χ1n) is 7.92. The molecule has 118 valence electrons. The Morgan fingerprint density at radius 2 is 1.91 bits per heavy atom. The van der Waals surface area contributed by atoms with Gasteiger partial charge in [-0.15, -0.1) is 12.4 Å². The summed E-state index contributed by atoms with van der Waals surface area (Å²) in [5, 5.41) is 11.1. The summed E-state index contributed by atoms with van der Waals surface area (Å²) in [6.45, 7) is 2.40. The van der Waals surface area contributed by atoms with Crippen LogP contribution in [0.25, 0.3) is 0 Å². The number of hydrogen-bond donors (Lipinski definition) is 1. The molecule has 0 radical (unpaired) electrons. The highest BCUT2D eigenvalue weighted by Crippen LogP contribution is 2.79. The lowest BCUT2D eigenvalue weighted by Crippen LogP contribution is -2.45. The van der Waals surface area contributed by atoms with Crippen molar-refractivity contribution in [3.05, 3.63) is 39.4 Å². The predicted octanol–water partition coefficient (Wildman–Crippen LogP) is 3.88. The number of benzene rings is 1. The van der Waals surface area contributed by atoms with Crippen LogP contribution in [-0.4, -0.2) is 10.5 Å². The van der Waals surface area contributed by atoms with E-state index in [0.29, 0.717) is 22.7 Å². The van der Waals surface area contributed by atoms with Gasteiger partial charge in [-0.2, -0.15) is 0 Å². The van der Waals surface area contributed by atoms with E-state index in [1.54, 1.807) is 6.07 Å². The molecule has 0 saturated heterocycles. The third kappa shape index (κ3) is 1.48. The van der Waals surface area contributed by atoms with Crippen molar-refractivity contribution in [3.8, 4) is 0 Å². The van der Waals surface area contributed by atoms with E-state index in [4.69, 9.17) is 5.73 Å². The zero-order valence-corrected chi connectivity index (χ0v) is 13.5. The molecule has 5 rings (SSSR count). The monoisotopic (exact) mass is 320 g/mol. The number of fused-ring (bicyclic) bond motifs is 5. The van der Waals surface area contributed by atoms with E-state index in [2.05, 4.69) is 6.92 Å². The van der Waals surface area contributed by atoms with Crippen LogP contribution in [0.3, 0.4) is 0 Å². The second kappa shape index (κ2) is 3.85. The number of nitro groups is 1. The molecule has 0 aromatic heterocycles. The van der Waals surface area contributed by atoms with Crippen molar-refractivity contribution in [3.63, 3.8) is 0 Å². The Hall–Kier alpha value is -1.13. The fraction of sp³-hybridized carbons (Fsp3) is 0.647. The molecule has 4 aliphatic rings. The summed E-state index contributed by atoms with van der Waals surface area (Å²) in [5.74, 6) is 1.03. The SMILES string of the molecule is CC12CC3c4ccc([N+](=O)[O-])cc4C4CC(N)(C1)CC34C2.Cl. The van der Waals surface area contributed by atoms with Crippen LogP contribution >= 0.6 is 12.4 Å². The van der Waals surface area contributed by atoms with Crippen LogP contribution in [-0.2, 0) is 0 Å². The van der Waals surface area contributed by atoms with Crippen LogP contribution in [0.5, 0.6) is 0 Å². The molecule has 4 nitrogen and oxygen atoms in total. The Labute approximate surface area is 136 Å². The van der Waals surface area contributed by atoms with Crippen molar-refractivity contribution in [2.75, 3.05) is 0 Å². The molecule has 5 unspecified atom stereocenters. The van der Waals surface area contributed by atoms with Gasteiger partial charge in [-0.3, -0.25) is 10.1 Å². The van der Waals surface area contributed by atoms with Gasteiger partial charge in [-0.25, -0.2) is 0 Å². The van der Waals surface area contributed by atoms with Gasteiger partial charge in [-0.1, -0.05) is 13.0 Å². The lowest BCUT2D eigenvalue weighted by molar-refractivity contribution is -0.384. The zero-order chi connectivity index (χ0) is 14.6. The van der Waals surface area contributed by atoms with E-state index < -0.39 is 0 Å². The molecular weight excluding hydrogens is 300 g/mol. The van der Waals surface area contributed by atoms with Gasteiger partial charge in [0.2, 0.25) is 0 Å². The van der Waals surface area contributed by atoms with Crippen LogP contribution in [0, 0.1) is 20.9 Å². The summed E-state index contributed by atoms with van der Waals surface area (Å²) in [6, 6.07) is 5.57. The van der Waals surface area contributed by atoms with Gasteiger partial charge in [0.05, 0.1) is 4.92 Å². The molecule has 0 aliphatic heterocycles. The summed E-state index contributed by atoms with van der Waals surface area (Å²) in [7, 11) is 0. The highest BCUT2D eigenvalue weighted by molar-refractivity contribution is 5.85. The van der Waals surface area contributed by atoms with Crippen molar-refractivity contribution in [2.24, 2.45) is 16.6 Å². The van der Waals surface area contributed by atoms with Crippen molar-refractivity contribution in [2.45, 2.75) is 56.4 Å². The lowest BCUT2D eigenvalue weighted by Gasteiger charge is -2.41. The van der Waals surface area contributed by atoms with Crippen LogP contribution in [0.1, 0.15) is 62.0 Å². The quantitative estimate of drug-likeness (QED) is 0.630. The molecule has 5 heteroatoms. The predicted molar refractivity (Wildman–Crippen MR) is 86.4 cm³/mol. The fourth-order valence-electron chi connectivity index (χ4n) is 6.95. The molecule has 1 aromatic carbocycles. The maximum atomic E-state index is 11.1. The summed E-state index contributed by atoms with van der Waals surface area (Å²) in [4.78, 5) is 10.8. The molecule has 1 aromatic rings. The van der Waals surface area contributed by atoms with Gasteiger partial charge >= 0.3 is 0 Å². The molecule has 2 N–H and O–H groups in total. The van der Waals surface area contributed by atoms with E-state index in [0.717, 1.165) is 19.3 Å². The molecule has 3 fully saturated rings. The first-order valence-corrected chi connectivity index (χ1v) is 7.92. The minimum atomic E-state index is -0.268. The van der Waals surface area contributed by atoms with E-state index in [9.17, 15) is 10.1 Å². The Bertz CT molecular complexity index is 704. The summed E-state index contributed by atoms with van der Waals surface area (Å²) < 4.78 is 0. The molecule has 1 spiro atoms. The van der Waals surface area contributed by atoms with Gasteiger partial charge in [0.25, 0.3) is 5.69 Å². The van der Waals surface area contributed by atoms with Crippen LogP contribution < -0.4 is 5.73 Å². The number of non-ortho nitro benzene ring substituents is 1. The lowest BCUT2D eigenvalue weighted by atomic mass is 9.66. The Balaban J connectivity index is 0.00000125. The molecule has 3 saturated carbocycles. The van der Waals surface area contributed by atoms with E-state index in [-0.39, 0.29) is 28.6 Å². The third-order valence-electron chi connectivity index (χ3n) is 6.94. The van der Waals surface area contributed by atoms with E-state index >= 15 is 0 Å². The molecular formula is C17H21ClN2O2. The van der Waals surface area contributed by atoms with E-state index in [1.807, 2.05) is 12.1 Å². The van der Waals surface area contributed by atoms with Crippen LogP contribution in [0.15, 0.2) is 18.2 Å². The van der Waals surface area contributed by atoms with Gasteiger partial charge in [0.15, 0.2) is 0 Å². The molecule has 0 heterocycles. The number of rotatable bonds is 1. The highest BCUT2D eigenvalue weighted by atomic mass is 35.5. The molecule has 5 atom stereocenters. The maximum Gasteiger partial charge on any atom is 0.269 e. The summed E-state index contributed by atoms with van der Waals surface area (Å²) in [6.07, 6.45) is 5.75. The Kier molecular flexibility index (Phi) is 2.53. The minimum Gasteiger partial charge on any atom is -0.325 e. The summed E-state index contributed by atoms with van der Waals surface area (Å²) >= 11 is 0. The Morgan fingerprint density at radius 1 is 1.18 bits per heavy atom. The third-order valence-corrected chi connectivity index (χ3v) is 6.94. The molecule has 22 heavy (non-hydrogen) atoms. The van der Waals surface area contributed by atoms with Crippen LogP contribution in [0.2, 0.25) is 0 Å². The number of nitrogens with zero attached hydrogens (tertiary/aromatic N) is 1. The van der Waals surface area contributed by atoms with Crippen molar-refractivity contribution in [1.29, 1.82) is 0 Å². The number of nitrogens with two attached hydrogens (primary N) is 1. The molecule has 0 amide bonds. The Morgan fingerprint density at radius 3 is 2.64 bits per heavy atom. The smallest absolute Gasteiger partial charge is 0.269 e. The van der Waals surface area contributed by atoms with Gasteiger partial charge in [-0.05, 0) is 65.9 Å². The standard InChI is InChI=1S/C17H20N2O2.ClH/c1-15-5-13-11-3-2-10(19(20)21)4-12(11)14-6-16(18,7-15)9-17(13,14)8-15;/h2-4,13-14H,5-9,18H2,1H3;1H. The number of halogens is 1. The first kappa shape index (κ1) is 14.5. The molecule has 4 aliphatic carbocycles. The molecule has 3 bridgehead atoms. The van der Waals surface area contributed by atoms with Gasteiger partial charge in [0, 0.05) is 17.7 Å². The fourth-order valence-corrected chi connectivity index (χ4v) is 6.95. The van der Waals surface area contributed by atoms with Crippen molar-refractivity contribution < 1.29 is 4.92 Å². The maximum absolute atomic E-state index is 11.1. The average molecular weight is 321 g/mol. The average Bonchev–Trinajstić information content (AvgIpc) is 2.84. The summed E-state index contributed by atoms with van der Waals surface area (Å²) in [5.41, 5.74) is 10.2. The highest BCUT2D eigenvalue weighted by Gasteiger charge is 2.71. The van der Waals surface area contributed by atoms with Gasteiger partial charge in [0.1, 0.15) is 0 Å².